The second kappa shape index (κ2) is 8.49. The Labute approximate surface area is 183 Å². The van der Waals surface area contributed by atoms with Crippen molar-refractivity contribution in [3.63, 3.8) is 0 Å². The SMILES string of the molecule is COc1cccc(CCc2nc(-c3nnn4c3CO[C@@H](c3ccc(Cl)cc3)C4)no2)c1. The average molecular weight is 438 g/mol. The van der Waals surface area contributed by atoms with Crippen LogP contribution in [-0.2, 0) is 30.7 Å². The molecule has 0 amide bonds. The van der Waals surface area contributed by atoms with E-state index in [4.69, 9.17) is 25.6 Å². The van der Waals surface area contributed by atoms with Crippen LogP contribution in [0.3, 0.4) is 0 Å². The van der Waals surface area contributed by atoms with Gasteiger partial charge in [-0.25, -0.2) is 4.68 Å². The van der Waals surface area contributed by atoms with Crippen LogP contribution in [0.5, 0.6) is 5.75 Å². The Bertz CT molecular complexity index is 1190. The maximum absolute atomic E-state index is 6.04. The molecule has 2 aromatic carbocycles. The number of nitrogens with zero attached hydrogens (tertiary/aromatic N) is 5. The third-order valence-corrected chi connectivity index (χ3v) is 5.53. The van der Waals surface area contributed by atoms with E-state index in [1.807, 2.05) is 53.2 Å². The van der Waals surface area contributed by atoms with Crippen molar-refractivity contribution in [1.29, 1.82) is 0 Å². The highest BCUT2D eigenvalue weighted by atomic mass is 35.5. The van der Waals surface area contributed by atoms with Gasteiger partial charge in [-0.1, -0.05) is 46.2 Å². The van der Waals surface area contributed by atoms with Crippen molar-refractivity contribution in [2.45, 2.75) is 32.1 Å². The van der Waals surface area contributed by atoms with Crippen molar-refractivity contribution in [3.8, 4) is 17.3 Å². The van der Waals surface area contributed by atoms with Crippen molar-refractivity contribution < 1.29 is 14.0 Å². The molecule has 9 heteroatoms. The maximum Gasteiger partial charge on any atom is 0.227 e. The molecule has 0 bridgehead atoms. The minimum Gasteiger partial charge on any atom is -0.497 e. The largest absolute Gasteiger partial charge is 0.497 e. The summed E-state index contributed by atoms with van der Waals surface area (Å²) in [6.45, 7) is 0.924. The summed E-state index contributed by atoms with van der Waals surface area (Å²) >= 11 is 5.98. The van der Waals surface area contributed by atoms with Gasteiger partial charge in [0.2, 0.25) is 11.7 Å². The molecule has 2 aromatic heterocycles. The van der Waals surface area contributed by atoms with Crippen LogP contribution in [0.2, 0.25) is 5.02 Å². The summed E-state index contributed by atoms with van der Waals surface area (Å²) in [6.07, 6.45) is 1.28. The Morgan fingerprint density at radius 2 is 2.03 bits per heavy atom. The first-order chi connectivity index (χ1) is 15.2. The molecule has 3 heterocycles. The van der Waals surface area contributed by atoms with Gasteiger partial charge in [-0.05, 0) is 41.8 Å². The van der Waals surface area contributed by atoms with Crippen LogP contribution in [0, 0.1) is 0 Å². The van der Waals surface area contributed by atoms with E-state index in [2.05, 4.69) is 20.5 Å². The van der Waals surface area contributed by atoms with Gasteiger partial charge in [-0.2, -0.15) is 4.98 Å². The number of rotatable bonds is 6. The number of ether oxygens (including phenoxy) is 2. The van der Waals surface area contributed by atoms with Gasteiger partial charge >= 0.3 is 0 Å². The Hall–Kier alpha value is -3.23. The van der Waals surface area contributed by atoms with Crippen LogP contribution in [0.15, 0.2) is 53.1 Å². The standard InChI is InChI=1S/C22H20ClN5O3/c1-29-17-4-2-3-14(11-17)5-10-20-24-22(26-31-20)21-18-13-30-19(12-28(18)27-25-21)15-6-8-16(23)9-7-15/h2-4,6-9,11,19H,5,10,12-13H2,1H3/t19-/m1/s1. The quantitative estimate of drug-likeness (QED) is 0.449. The smallest absolute Gasteiger partial charge is 0.227 e. The van der Waals surface area contributed by atoms with Crippen molar-refractivity contribution in [2.24, 2.45) is 0 Å². The molecule has 31 heavy (non-hydrogen) atoms. The monoisotopic (exact) mass is 437 g/mol. The van der Waals surface area contributed by atoms with Crippen molar-refractivity contribution >= 4 is 11.6 Å². The molecule has 1 atom stereocenters. The van der Waals surface area contributed by atoms with Gasteiger partial charge in [-0.3, -0.25) is 0 Å². The topological polar surface area (TPSA) is 88.1 Å². The van der Waals surface area contributed by atoms with E-state index >= 15 is 0 Å². The fraction of sp³-hybridized carbons (Fsp3) is 0.273. The number of aromatic nitrogens is 5. The first-order valence-corrected chi connectivity index (χ1v) is 10.3. The second-order valence-corrected chi connectivity index (χ2v) is 7.72. The van der Waals surface area contributed by atoms with Gasteiger partial charge in [0.1, 0.15) is 11.9 Å². The Morgan fingerprint density at radius 1 is 1.16 bits per heavy atom. The molecule has 4 aromatic rings. The first-order valence-electron chi connectivity index (χ1n) is 9.95. The van der Waals surface area contributed by atoms with Crippen LogP contribution in [0.25, 0.3) is 11.5 Å². The predicted octanol–water partition coefficient (Wildman–Crippen LogP) is 4.05. The fourth-order valence-corrected chi connectivity index (χ4v) is 3.72. The molecule has 0 aliphatic carbocycles. The molecule has 0 spiro atoms. The Balaban J connectivity index is 1.28. The maximum atomic E-state index is 6.04. The number of methoxy groups -OCH3 is 1. The third kappa shape index (κ3) is 4.17. The number of benzene rings is 2. The lowest BCUT2D eigenvalue weighted by Gasteiger charge is -2.24. The number of hydrogen-bond acceptors (Lipinski definition) is 7. The molecule has 1 aliphatic heterocycles. The molecule has 158 valence electrons. The Kier molecular flexibility index (Phi) is 5.40. The van der Waals surface area contributed by atoms with Crippen molar-refractivity contribution in [3.05, 3.63) is 76.3 Å². The highest BCUT2D eigenvalue weighted by Gasteiger charge is 2.27. The molecule has 0 fully saturated rings. The Morgan fingerprint density at radius 3 is 2.87 bits per heavy atom. The molecule has 1 aliphatic rings. The van der Waals surface area contributed by atoms with E-state index in [-0.39, 0.29) is 6.10 Å². The van der Waals surface area contributed by atoms with E-state index in [1.54, 1.807) is 7.11 Å². The van der Waals surface area contributed by atoms with Crippen LogP contribution >= 0.6 is 11.6 Å². The molecule has 0 saturated heterocycles. The van der Waals surface area contributed by atoms with Crippen LogP contribution < -0.4 is 4.74 Å². The zero-order chi connectivity index (χ0) is 21.2. The summed E-state index contributed by atoms with van der Waals surface area (Å²) in [5.41, 5.74) is 3.62. The molecular weight excluding hydrogens is 418 g/mol. The zero-order valence-electron chi connectivity index (χ0n) is 16.9. The summed E-state index contributed by atoms with van der Waals surface area (Å²) in [5, 5.41) is 13.3. The lowest BCUT2D eigenvalue weighted by molar-refractivity contribution is -0.00112. The van der Waals surface area contributed by atoms with Crippen molar-refractivity contribution in [2.75, 3.05) is 7.11 Å². The third-order valence-electron chi connectivity index (χ3n) is 5.28. The molecule has 8 nitrogen and oxygen atoms in total. The van der Waals surface area contributed by atoms with E-state index in [1.165, 1.54) is 0 Å². The highest BCUT2D eigenvalue weighted by Crippen LogP contribution is 2.30. The number of hydrogen-bond donors (Lipinski definition) is 0. The summed E-state index contributed by atoms with van der Waals surface area (Å²) in [6, 6.07) is 15.6. The van der Waals surface area contributed by atoms with E-state index in [0.717, 1.165) is 29.0 Å². The van der Waals surface area contributed by atoms with E-state index in [9.17, 15) is 0 Å². The molecular formula is C22H20ClN5O3. The van der Waals surface area contributed by atoms with E-state index < -0.39 is 0 Å². The predicted molar refractivity (Wildman–Crippen MR) is 113 cm³/mol. The second-order valence-electron chi connectivity index (χ2n) is 7.28. The van der Waals surface area contributed by atoms with Gasteiger partial charge in [-0.15, -0.1) is 5.10 Å². The zero-order valence-corrected chi connectivity index (χ0v) is 17.6. The van der Waals surface area contributed by atoms with Gasteiger partial charge in [0.05, 0.1) is 26.0 Å². The minimum absolute atomic E-state index is 0.108. The number of aryl methyl sites for hydroxylation is 2. The minimum atomic E-state index is -0.108. The lowest BCUT2D eigenvalue weighted by atomic mass is 10.1. The molecule has 5 rings (SSSR count). The normalized spacial score (nSPS) is 15.6. The summed E-state index contributed by atoms with van der Waals surface area (Å²) in [4.78, 5) is 4.51. The fourth-order valence-electron chi connectivity index (χ4n) is 3.60. The van der Waals surface area contributed by atoms with Gasteiger partial charge < -0.3 is 14.0 Å². The molecule has 0 radical (unpaired) electrons. The molecule has 0 N–H and O–H groups in total. The summed E-state index contributed by atoms with van der Waals surface area (Å²) in [7, 11) is 1.66. The number of fused-ring (bicyclic) bond motifs is 1. The lowest BCUT2D eigenvalue weighted by Crippen LogP contribution is -2.22. The molecule has 0 saturated carbocycles. The van der Waals surface area contributed by atoms with Gasteiger partial charge in [0, 0.05) is 11.4 Å². The average Bonchev–Trinajstić information content (AvgIpc) is 3.44. The summed E-state index contributed by atoms with van der Waals surface area (Å²) < 4.78 is 18.6. The van der Waals surface area contributed by atoms with Gasteiger partial charge in [0.25, 0.3) is 0 Å². The van der Waals surface area contributed by atoms with Crippen LogP contribution in [0.4, 0.5) is 0 Å². The van der Waals surface area contributed by atoms with E-state index in [0.29, 0.717) is 42.0 Å². The molecule has 0 unspecified atom stereocenters. The van der Waals surface area contributed by atoms with Gasteiger partial charge in [0.15, 0.2) is 5.69 Å². The number of halogens is 1. The first kappa shape index (κ1) is 19.7. The van der Waals surface area contributed by atoms with Crippen molar-refractivity contribution in [1.82, 2.24) is 25.1 Å². The highest BCUT2D eigenvalue weighted by molar-refractivity contribution is 6.30. The van der Waals surface area contributed by atoms with Crippen LogP contribution in [-0.4, -0.2) is 32.2 Å². The summed E-state index contributed by atoms with van der Waals surface area (Å²) in [5.74, 6) is 1.81. The van der Waals surface area contributed by atoms with Crippen LogP contribution in [0.1, 0.15) is 28.8 Å².